The SMILES string of the molecule is Cc1ncsc1C(=O)Nc1nccn1Cc1ccccc1. The van der Waals surface area contributed by atoms with Crippen LogP contribution in [0, 0.1) is 6.92 Å². The molecule has 2 heterocycles. The van der Waals surface area contributed by atoms with Crippen molar-refractivity contribution in [1.29, 1.82) is 0 Å². The molecular weight excluding hydrogens is 284 g/mol. The molecule has 21 heavy (non-hydrogen) atoms. The van der Waals surface area contributed by atoms with Crippen molar-refractivity contribution in [1.82, 2.24) is 14.5 Å². The largest absolute Gasteiger partial charge is 0.313 e. The highest BCUT2D eigenvalue weighted by molar-refractivity contribution is 7.12. The fourth-order valence-corrected chi connectivity index (χ4v) is 2.72. The first kappa shape index (κ1) is 13.5. The lowest BCUT2D eigenvalue weighted by Crippen LogP contribution is -2.16. The molecule has 1 aromatic carbocycles. The van der Waals surface area contributed by atoms with Gasteiger partial charge in [-0.2, -0.15) is 0 Å². The van der Waals surface area contributed by atoms with Crippen LogP contribution in [0.4, 0.5) is 5.95 Å². The summed E-state index contributed by atoms with van der Waals surface area (Å²) in [6.45, 7) is 2.49. The van der Waals surface area contributed by atoms with Gasteiger partial charge in [-0.15, -0.1) is 11.3 Å². The molecule has 3 aromatic rings. The first-order valence-electron chi connectivity index (χ1n) is 6.50. The number of hydrogen-bond donors (Lipinski definition) is 1. The minimum atomic E-state index is -0.171. The van der Waals surface area contributed by atoms with Crippen LogP contribution in [0.25, 0.3) is 0 Å². The molecule has 0 spiro atoms. The van der Waals surface area contributed by atoms with Crippen molar-refractivity contribution in [2.75, 3.05) is 5.32 Å². The predicted octanol–water partition coefficient (Wildman–Crippen LogP) is 2.95. The van der Waals surface area contributed by atoms with Gasteiger partial charge in [0.15, 0.2) is 0 Å². The predicted molar refractivity (Wildman–Crippen MR) is 82.6 cm³/mol. The number of amides is 1. The van der Waals surface area contributed by atoms with Crippen LogP contribution in [0.15, 0.2) is 48.2 Å². The van der Waals surface area contributed by atoms with E-state index in [0.29, 0.717) is 17.4 Å². The van der Waals surface area contributed by atoms with E-state index >= 15 is 0 Å². The summed E-state index contributed by atoms with van der Waals surface area (Å²) in [5.74, 6) is 0.368. The smallest absolute Gasteiger partial charge is 0.269 e. The fourth-order valence-electron chi connectivity index (χ4n) is 2.02. The van der Waals surface area contributed by atoms with Gasteiger partial charge in [0.25, 0.3) is 5.91 Å². The van der Waals surface area contributed by atoms with Gasteiger partial charge < -0.3 is 4.57 Å². The standard InChI is InChI=1S/C15H14N4OS/c1-11-13(21-10-17-11)14(20)18-15-16-7-8-19(15)9-12-5-3-2-4-6-12/h2-8,10H,9H2,1H3,(H,16,18,20). The van der Waals surface area contributed by atoms with Crippen LogP contribution in [-0.2, 0) is 6.54 Å². The minimum Gasteiger partial charge on any atom is -0.313 e. The highest BCUT2D eigenvalue weighted by atomic mass is 32.1. The highest BCUT2D eigenvalue weighted by Crippen LogP contribution is 2.15. The summed E-state index contributed by atoms with van der Waals surface area (Å²) in [5.41, 5.74) is 3.55. The maximum absolute atomic E-state index is 12.2. The van der Waals surface area contributed by atoms with Crippen molar-refractivity contribution in [2.45, 2.75) is 13.5 Å². The van der Waals surface area contributed by atoms with Gasteiger partial charge in [-0.05, 0) is 12.5 Å². The van der Waals surface area contributed by atoms with Crippen LogP contribution >= 0.6 is 11.3 Å². The lowest BCUT2D eigenvalue weighted by molar-refractivity contribution is 0.102. The first-order chi connectivity index (χ1) is 10.2. The van der Waals surface area contributed by atoms with Gasteiger partial charge in [0.2, 0.25) is 5.95 Å². The average Bonchev–Trinajstić information content (AvgIpc) is 3.10. The van der Waals surface area contributed by atoms with Crippen LogP contribution < -0.4 is 5.32 Å². The molecule has 5 nitrogen and oxygen atoms in total. The van der Waals surface area contributed by atoms with Gasteiger partial charge >= 0.3 is 0 Å². The van der Waals surface area contributed by atoms with Crippen LogP contribution in [0.1, 0.15) is 20.9 Å². The monoisotopic (exact) mass is 298 g/mol. The maximum Gasteiger partial charge on any atom is 0.269 e. The van der Waals surface area contributed by atoms with Gasteiger partial charge in [0.05, 0.1) is 17.7 Å². The molecule has 2 aromatic heterocycles. The number of anilines is 1. The quantitative estimate of drug-likeness (QED) is 0.805. The molecule has 1 N–H and O–H groups in total. The van der Waals surface area contributed by atoms with Crippen molar-refractivity contribution >= 4 is 23.2 Å². The Labute approximate surface area is 126 Å². The van der Waals surface area contributed by atoms with Crippen molar-refractivity contribution in [2.24, 2.45) is 0 Å². The van der Waals surface area contributed by atoms with E-state index < -0.39 is 0 Å². The van der Waals surface area contributed by atoms with E-state index in [4.69, 9.17) is 0 Å². The first-order valence-corrected chi connectivity index (χ1v) is 7.38. The fraction of sp³-hybridized carbons (Fsp3) is 0.133. The Morgan fingerprint density at radius 1 is 1.29 bits per heavy atom. The molecule has 1 amide bonds. The Bertz CT molecular complexity index is 748. The average molecular weight is 298 g/mol. The highest BCUT2D eigenvalue weighted by Gasteiger charge is 2.14. The number of nitrogens with zero attached hydrogens (tertiary/aromatic N) is 3. The number of aromatic nitrogens is 3. The van der Waals surface area contributed by atoms with Gasteiger partial charge in [-0.1, -0.05) is 30.3 Å². The summed E-state index contributed by atoms with van der Waals surface area (Å²) in [7, 11) is 0. The number of thiazole rings is 1. The second-order valence-electron chi connectivity index (χ2n) is 4.59. The molecular formula is C15H14N4OS. The third-order valence-corrected chi connectivity index (χ3v) is 4.02. The molecule has 6 heteroatoms. The third-order valence-electron chi connectivity index (χ3n) is 3.09. The van der Waals surface area contributed by atoms with E-state index in [1.165, 1.54) is 11.3 Å². The molecule has 0 radical (unpaired) electrons. The zero-order valence-corrected chi connectivity index (χ0v) is 12.3. The second-order valence-corrected chi connectivity index (χ2v) is 5.44. The zero-order valence-electron chi connectivity index (χ0n) is 11.5. The normalized spacial score (nSPS) is 10.5. The number of nitrogens with one attached hydrogen (secondary N) is 1. The zero-order chi connectivity index (χ0) is 14.7. The summed E-state index contributed by atoms with van der Waals surface area (Å²) in [6.07, 6.45) is 3.53. The van der Waals surface area contributed by atoms with Gasteiger partial charge in [-0.3, -0.25) is 10.1 Å². The van der Waals surface area contributed by atoms with Crippen LogP contribution in [0.3, 0.4) is 0 Å². The van der Waals surface area contributed by atoms with E-state index in [9.17, 15) is 4.79 Å². The topological polar surface area (TPSA) is 59.8 Å². The number of rotatable bonds is 4. The number of carbonyl (C=O) groups excluding carboxylic acids is 1. The molecule has 0 aliphatic carbocycles. The lowest BCUT2D eigenvalue weighted by Gasteiger charge is -2.08. The Kier molecular flexibility index (Phi) is 3.79. The molecule has 0 unspecified atom stereocenters. The molecule has 106 valence electrons. The summed E-state index contributed by atoms with van der Waals surface area (Å²) in [5, 5.41) is 2.84. The molecule has 3 rings (SSSR count). The Hall–Kier alpha value is -2.47. The number of aryl methyl sites for hydroxylation is 1. The second kappa shape index (κ2) is 5.88. The van der Waals surface area contributed by atoms with Crippen molar-refractivity contribution < 1.29 is 4.79 Å². The van der Waals surface area contributed by atoms with E-state index in [0.717, 1.165) is 11.3 Å². The molecule has 0 saturated heterocycles. The van der Waals surface area contributed by atoms with Crippen LogP contribution in [0.5, 0.6) is 0 Å². The summed E-state index contributed by atoms with van der Waals surface area (Å²) < 4.78 is 1.91. The lowest BCUT2D eigenvalue weighted by atomic mass is 10.2. The van der Waals surface area contributed by atoms with E-state index in [2.05, 4.69) is 15.3 Å². The van der Waals surface area contributed by atoms with Crippen molar-refractivity contribution in [3.63, 3.8) is 0 Å². The molecule has 0 saturated carbocycles. The van der Waals surface area contributed by atoms with Gasteiger partial charge in [0, 0.05) is 12.4 Å². The molecule has 0 fully saturated rings. The van der Waals surface area contributed by atoms with E-state index in [1.807, 2.05) is 48.0 Å². The molecule has 0 bridgehead atoms. The summed E-state index contributed by atoms with van der Waals surface area (Å²) >= 11 is 1.33. The molecule has 0 aliphatic heterocycles. The molecule has 0 atom stereocenters. The number of benzene rings is 1. The van der Waals surface area contributed by atoms with E-state index in [-0.39, 0.29) is 5.91 Å². The minimum absolute atomic E-state index is 0.171. The Morgan fingerprint density at radius 2 is 2.10 bits per heavy atom. The molecule has 0 aliphatic rings. The van der Waals surface area contributed by atoms with Crippen LogP contribution in [0.2, 0.25) is 0 Å². The number of hydrogen-bond acceptors (Lipinski definition) is 4. The van der Waals surface area contributed by atoms with Crippen LogP contribution in [-0.4, -0.2) is 20.4 Å². The number of carbonyl (C=O) groups is 1. The maximum atomic E-state index is 12.2. The summed E-state index contributed by atoms with van der Waals surface area (Å²) in [6, 6.07) is 10.0. The van der Waals surface area contributed by atoms with Crippen molar-refractivity contribution in [3.05, 3.63) is 64.4 Å². The number of imidazole rings is 1. The summed E-state index contributed by atoms with van der Waals surface area (Å²) in [4.78, 5) is 21.1. The Morgan fingerprint density at radius 3 is 2.81 bits per heavy atom. The van der Waals surface area contributed by atoms with E-state index in [1.54, 1.807) is 11.7 Å². The van der Waals surface area contributed by atoms with Gasteiger partial charge in [0.1, 0.15) is 4.88 Å². The van der Waals surface area contributed by atoms with Gasteiger partial charge in [-0.25, -0.2) is 9.97 Å². The van der Waals surface area contributed by atoms with Crippen molar-refractivity contribution in [3.8, 4) is 0 Å². The third kappa shape index (κ3) is 3.00. The Balaban J connectivity index is 1.77.